The Morgan fingerprint density at radius 3 is 3.00 bits per heavy atom. The molecule has 0 bridgehead atoms. The molecule has 1 aliphatic rings. The van der Waals surface area contributed by atoms with Crippen molar-refractivity contribution in [1.82, 2.24) is 9.88 Å². The van der Waals surface area contributed by atoms with Gasteiger partial charge >= 0.3 is 0 Å². The van der Waals surface area contributed by atoms with Crippen LogP contribution >= 0.6 is 15.9 Å². The summed E-state index contributed by atoms with van der Waals surface area (Å²) in [4.78, 5) is 17.3. The van der Waals surface area contributed by atoms with E-state index in [1.807, 2.05) is 24.0 Å². The van der Waals surface area contributed by atoms with Crippen LogP contribution in [0, 0.1) is 0 Å². The molecular formula is C14H15BrN2O. The van der Waals surface area contributed by atoms with E-state index < -0.39 is 0 Å². The number of nitrogens with zero attached hydrogens (tertiary/aromatic N) is 1. The van der Waals surface area contributed by atoms with E-state index in [9.17, 15) is 4.79 Å². The Morgan fingerprint density at radius 1 is 1.44 bits per heavy atom. The summed E-state index contributed by atoms with van der Waals surface area (Å²) < 4.78 is 0. The first-order valence-electron chi connectivity index (χ1n) is 6.18. The molecule has 1 N–H and O–H groups in total. The van der Waals surface area contributed by atoms with Crippen molar-refractivity contribution < 1.29 is 4.79 Å². The molecule has 0 saturated heterocycles. The van der Waals surface area contributed by atoms with E-state index in [4.69, 9.17) is 0 Å². The zero-order valence-electron chi connectivity index (χ0n) is 10.2. The number of amides is 1. The van der Waals surface area contributed by atoms with E-state index in [0.29, 0.717) is 6.54 Å². The summed E-state index contributed by atoms with van der Waals surface area (Å²) in [7, 11) is 0. The number of nitrogens with one attached hydrogen (secondary N) is 1. The van der Waals surface area contributed by atoms with E-state index in [0.717, 1.165) is 13.0 Å². The molecule has 3 rings (SSSR count). The largest absolute Gasteiger partial charge is 0.358 e. The lowest BCUT2D eigenvalue weighted by molar-refractivity contribution is -0.131. The number of carbonyl (C=O) groups excluding carboxylic acids is 1. The van der Waals surface area contributed by atoms with Crippen LogP contribution in [0.25, 0.3) is 10.9 Å². The number of halogens is 1. The fourth-order valence-corrected chi connectivity index (χ4v) is 2.90. The molecule has 2 heterocycles. The Balaban J connectivity index is 1.99. The summed E-state index contributed by atoms with van der Waals surface area (Å²) >= 11 is 3.36. The van der Waals surface area contributed by atoms with E-state index in [1.165, 1.54) is 22.2 Å². The van der Waals surface area contributed by atoms with Crippen LogP contribution in [0.2, 0.25) is 0 Å². The first kappa shape index (κ1) is 11.8. The topological polar surface area (TPSA) is 36.1 Å². The maximum absolute atomic E-state index is 12.0. The standard InChI is InChI=1S/C14H15BrN2O/c1-9(15)14(18)17-7-6-13-11(8-17)10-4-2-3-5-12(10)16-13/h2-5,9,16H,6-8H2,1H3. The van der Waals surface area contributed by atoms with Crippen LogP contribution in [0.4, 0.5) is 0 Å². The highest BCUT2D eigenvalue weighted by Crippen LogP contribution is 2.28. The molecular weight excluding hydrogens is 292 g/mol. The fourth-order valence-electron chi connectivity index (χ4n) is 2.61. The first-order chi connectivity index (χ1) is 8.66. The van der Waals surface area contributed by atoms with Crippen LogP contribution in [0.3, 0.4) is 0 Å². The highest BCUT2D eigenvalue weighted by molar-refractivity contribution is 9.10. The van der Waals surface area contributed by atoms with E-state index in [1.54, 1.807) is 0 Å². The number of rotatable bonds is 1. The average molecular weight is 307 g/mol. The van der Waals surface area contributed by atoms with Crippen LogP contribution in [0.1, 0.15) is 18.2 Å². The normalized spacial score (nSPS) is 16.7. The quantitative estimate of drug-likeness (QED) is 0.808. The van der Waals surface area contributed by atoms with Gasteiger partial charge in [-0.25, -0.2) is 0 Å². The van der Waals surface area contributed by atoms with Gasteiger partial charge in [-0.05, 0) is 13.0 Å². The van der Waals surface area contributed by atoms with E-state index in [2.05, 4.69) is 33.0 Å². The zero-order chi connectivity index (χ0) is 12.7. The van der Waals surface area contributed by atoms with Gasteiger partial charge < -0.3 is 9.88 Å². The molecule has 1 aliphatic heterocycles. The van der Waals surface area contributed by atoms with Crippen molar-refractivity contribution in [2.24, 2.45) is 0 Å². The van der Waals surface area contributed by atoms with Gasteiger partial charge in [0.2, 0.25) is 5.91 Å². The van der Waals surface area contributed by atoms with Gasteiger partial charge in [0, 0.05) is 41.7 Å². The van der Waals surface area contributed by atoms with E-state index in [-0.39, 0.29) is 10.7 Å². The lowest BCUT2D eigenvalue weighted by Crippen LogP contribution is -2.39. The SMILES string of the molecule is CC(Br)C(=O)N1CCc2[nH]c3ccccc3c2C1. The molecule has 3 nitrogen and oxygen atoms in total. The summed E-state index contributed by atoms with van der Waals surface area (Å²) in [5, 5.41) is 1.24. The van der Waals surface area contributed by atoms with Gasteiger partial charge in [0.15, 0.2) is 0 Å². The molecule has 0 radical (unpaired) electrons. The van der Waals surface area contributed by atoms with Crippen molar-refractivity contribution in [3.05, 3.63) is 35.5 Å². The van der Waals surface area contributed by atoms with Crippen LogP contribution < -0.4 is 0 Å². The molecule has 94 valence electrons. The van der Waals surface area contributed by atoms with Crippen LogP contribution in [0.15, 0.2) is 24.3 Å². The number of carbonyl (C=O) groups is 1. The Morgan fingerprint density at radius 2 is 2.22 bits per heavy atom. The minimum atomic E-state index is -0.107. The molecule has 0 fully saturated rings. The van der Waals surface area contributed by atoms with Crippen molar-refractivity contribution in [2.75, 3.05) is 6.54 Å². The number of aromatic nitrogens is 1. The predicted octanol–water partition coefficient (Wildman–Crippen LogP) is 2.84. The Labute approximate surface area is 114 Å². The zero-order valence-corrected chi connectivity index (χ0v) is 11.8. The van der Waals surface area contributed by atoms with E-state index >= 15 is 0 Å². The van der Waals surface area contributed by atoms with Gasteiger partial charge in [0.1, 0.15) is 0 Å². The van der Waals surface area contributed by atoms with Gasteiger partial charge in [-0.2, -0.15) is 0 Å². The summed E-state index contributed by atoms with van der Waals surface area (Å²) in [5.41, 5.74) is 3.73. The van der Waals surface area contributed by atoms with Crippen molar-refractivity contribution in [3.8, 4) is 0 Å². The van der Waals surface area contributed by atoms with Crippen LogP contribution in [-0.2, 0) is 17.8 Å². The van der Waals surface area contributed by atoms with Gasteiger partial charge in [-0.3, -0.25) is 4.79 Å². The molecule has 1 aromatic heterocycles. The third-order valence-corrected chi connectivity index (χ3v) is 3.93. The van der Waals surface area contributed by atoms with Crippen molar-refractivity contribution in [1.29, 1.82) is 0 Å². The summed E-state index contributed by atoms with van der Waals surface area (Å²) in [6.07, 6.45) is 0.912. The Bertz CT molecular complexity index is 603. The Hall–Kier alpha value is -1.29. The van der Waals surface area contributed by atoms with Gasteiger partial charge in [-0.1, -0.05) is 34.1 Å². The number of aromatic amines is 1. The van der Waals surface area contributed by atoms with Crippen molar-refractivity contribution in [3.63, 3.8) is 0 Å². The molecule has 18 heavy (non-hydrogen) atoms. The monoisotopic (exact) mass is 306 g/mol. The molecule has 4 heteroatoms. The van der Waals surface area contributed by atoms with Crippen LogP contribution in [-0.4, -0.2) is 27.2 Å². The van der Waals surface area contributed by atoms with Gasteiger partial charge in [0.25, 0.3) is 0 Å². The fraction of sp³-hybridized carbons (Fsp3) is 0.357. The molecule has 1 amide bonds. The smallest absolute Gasteiger partial charge is 0.236 e. The second-order valence-electron chi connectivity index (χ2n) is 4.75. The predicted molar refractivity (Wildman–Crippen MR) is 75.8 cm³/mol. The van der Waals surface area contributed by atoms with Crippen LogP contribution in [0.5, 0.6) is 0 Å². The summed E-state index contributed by atoms with van der Waals surface area (Å²) in [6.45, 7) is 3.40. The van der Waals surface area contributed by atoms with Gasteiger partial charge in [0.05, 0.1) is 4.83 Å². The summed E-state index contributed by atoms with van der Waals surface area (Å²) in [6, 6.07) is 8.29. The minimum absolute atomic E-state index is 0.107. The molecule has 0 aliphatic carbocycles. The second-order valence-corrected chi connectivity index (χ2v) is 6.13. The lowest BCUT2D eigenvalue weighted by Gasteiger charge is -2.28. The average Bonchev–Trinajstić information content (AvgIpc) is 2.75. The molecule has 0 spiro atoms. The second kappa shape index (κ2) is 4.43. The lowest BCUT2D eigenvalue weighted by atomic mass is 10.0. The maximum Gasteiger partial charge on any atom is 0.236 e. The highest BCUT2D eigenvalue weighted by Gasteiger charge is 2.25. The number of hydrogen-bond donors (Lipinski definition) is 1. The molecule has 2 aromatic rings. The number of fused-ring (bicyclic) bond motifs is 3. The Kier molecular flexibility index (Phi) is 2.90. The molecule has 0 saturated carbocycles. The summed E-state index contributed by atoms with van der Waals surface area (Å²) in [5.74, 6) is 0.172. The van der Waals surface area contributed by atoms with Crippen molar-refractivity contribution in [2.45, 2.75) is 24.7 Å². The number of alkyl halides is 1. The molecule has 1 aromatic carbocycles. The minimum Gasteiger partial charge on any atom is -0.358 e. The molecule has 1 unspecified atom stereocenters. The first-order valence-corrected chi connectivity index (χ1v) is 7.09. The third-order valence-electron chi connectivity index (χ3n) is 3.53. The number of benzene rings is 1. The van der Waals surface area contributed by atoms with Gasteiger partial charge in [-0.15, -0.1) is 0 Å². The third kappa shape index (κ3) is 1.85. The number of H-pyrrole nitrogens is 1. The van der Waals surface area contributed by atoms with Crippen molar-refractivity contribution >= 4 is 32.7 Å². The molecule has 1 atom stereocenters. The highest BCUT2D eigenvalue weighted by atomic mass is 79.9. The number of hydrogen-bond acceptors (Lipinski definition) is 1. The number of para-hydroxylation sites is 1. The maximum atomic E-state index is 12.0.